The molecular formula is C24H28N4O. The van der Waals surface area contributed by atoms with Crippen LogP contribution in [0.1, 0.15) is 51.5 Å². The lowest BCUT2D eigenvalue weighted by atomic mass is 9.98. The SMILES string of the molecule is CCCCCC[C@@]1(C)Nc2ccccc2-c2nc(=O)c(-c3ccc(C)cc3)nn21. The Kier molecular flexibility index (Phi) is 5.22. The van der Waals surface area contributed by atoms with Gasteiger partial charge in [0, 0.05) is 16.8 Å². The van der Waals surface area contributed by atoms with E-state index in [4.69, 9.17) is 5.10 Å². The number of unbranched alkanes of at least 4 members (excludes halogenated alkanes) is 3. The molecule has 0 saturated heterocycles. The molecule has 5 heteroatoms. The Bertz CT molecular complexity index is 1070. The summed E-state index contributed by atoms with van der Waals surface area (Å²) in [5.74, 6) is 0.637. The molecule has 0 spiro atoms. The zero-order valence-electron chi connectivity index (χ0n) is 17.4. The highest BCUT2D eigenvalue weighted by Gasteiger charge is 2.35. The molecule has 150 valence electrons. The predicted octanol–water partition coefficient (Wildman–Crippen LogP) is 5.35. The summed E-state index contributed by atoms with van der Waals surface area (Å²) >= 11 is 0. The van der Waals surface area contributed by atoms with Gasteiger partial charge in [0.15, 0.2) is 11.5 Å². The number of aryl methyl sites for hydroxylation is 1. The van der Waals surface area contributed by atoms with Crippen LogP contribution < -0.4 is 10.9 Å². The topological polar surface area (TPSA) is 59.8 Å². The van der Waals surface area contributed by atoms with Gasteiger partial charge in [-0.15, -0.1) is 0 Å². The number of fused-ring (bicyclic) bond motifs is 3. The smallest absolute Gasteiger partial charge is 0.300 e. The van der Waals surface area contributed by atoms with Crippen molar-refractivity contribution in [3.63, 3.8) is 0 Å². The van der Waals surface area contributed by atoms with Gasteiger partial charge in [-0.3, -0.25) is 4.79 Å². The van der Waals surface area contributed by atoms with Crippen molar-refractivity contribution in [3.8, 4) is 22.6 Å². The molecule has 1 aromatic heterocycles. The summed E-state index contributed by atoms with van der Waals surface area (Å²) in [5.41, 5.74) is 3.55. The van der Waals surface area contributed by atoms with Crippen molar-refractivity contribution >= 4 is 5.69 Å². The average molecular weight is 389 g/mol. The number of aromatic nitrogens is 3. The molecule has 5 nitrogen and oxygen atoms in total. The molecule has 2 aromatic carbocycles. The lowest BCUT2D eigenvalue weighted by Gasteiger charge is -2.39. The van der Waals surface area contributed by atoms with Gasteiger partial charge >= 0.3 is 0 Å². The van der Waals surface area contributed by atoms with Crippen LogP contribution in [0.5, 0.6) is 0 Å². The minimum absolute atomic E-state index is 0.287. The molecule has 1 atom stereocenters. The van der Waals surface area contributed by atoms with E-state index in [9.17, 15) is 4.79 Å². The van der Waals surface area contributed by atoms with Crippen molar-refractivity contribution in [2.75, 3.05) is 5.32 Å². The Morgan fingerprint density at radius 2 is 1.79 bits per heavy atom. The van der Waals surface area contributed by atoms with Gasteiger partial charge in [0.1, 0.15) is 5.66 Å². The third-order valence-electron chi connectivity index (χ3n) is 5.69. The molecule has 0 aliphatic carbocycles. The number of nitrogens with one attached hydrogen (secondary N) is 1. The van der Waals surface area contributed by atoms with E-state index in [0.29, 0.717) is 11.5 Å². The quantitative estimate of drug-likeness (QED) is 0.578. The molecule has 3 aromatic rings. The monoisotopic (exact) mass is 388 g/mol. The lowest BCUT2D eigenvalue weighted by Crippen LogP contribution is -2.45. The molecule has 0 radical (unpaired) electrons. The van der Waals surface area contributed by atoms with Gasteiger partial charge in [-0.1, -0.05) is 68.1 Å². The van der Waals surface area contributed by atoms with Crippen LogP contribution in [0, 0.1) is 6.92 Å². The highest BCUT2D eigenvalue weighted by Crippen LogP contribution is 2.38. The molecule has 0 unspecified atom stereocenters. The number of hydrogen-bond donors (Lipinski definition) is 1. The number of nitrogens with zero attached hydrogens (tertiary/aromatic N) is 3. The van der Waals surface area contributed by atoms with Crippen LogP contribution >= 0.6 is 0 Å². The Morgan fingerprint density at radius 3 is 2.55 bits per heavy atom. The largest absolute Gasteiger partial charge is 0.361 e. The standard InChI is InChI=1S/C24H28N4O/c1-4-5-6-9-16-24(3)26-20-11-8-7-10-19(20)22-25-23(29)21(27-28(22)24)18-14-12-17(2)13-15-18/h7-8,10-15,26H,4-6,9,16H2,1-3H3/t24-/m0/s1. The number of benzene rings is 2. The van der Waals surface area contributed by atoms with Crippen LogP contribution in [0.25, 0.3) is 22.6 Å². The summed E-state index contributed by atoms with van der Waals surface area (Å²) in [6.45, 7) is 6.40. The van der Waals surface area contributed by atoms with E-state index in [1.54, 1.807) is 0 Å². The van der Waals surface area contributed by atoms with Crippen LogP contribution in [-0.2, 0) is 5.66 Å². The van der Waals surface area contributed by atoms with Crippen molar-refractivity contribution in [2.24, 2.45) is 0 Å². The lowest BCUT2D eigenvalue weighted by molar-refractivity contribution is 0.289. The van der Waals surface area contributed by atoms with E-state index in [-0.39, 0.29) is 5.56 Å². The fraction of sp³-hybridized carbons (Fsp3) is 0.375. The maximum Gasteiger partial charge on any atom is 0.300 e. The maximum atomic E-state index is 12.9. The maximum absolute atomic E-state index is 12.9. The highest BCUT2D eigenvalue weighted by atomic mass is 16.1. The first kappa shape index (κ1) is 19.4. The van der Waals surface area contributed by atoms with Crippen molar-refractivity contribution in [1.82, 2.24) is 14.8 Å². The number of para-hydroxylation sites is 1. The third kappa shape index (κ3) is 3.69. The van der Waals surface area contributed by atoms with E-state index < -0.39 is 5.66 Å². The summed E-state index contributed by atoms with van der Waals surface area (Å²) < 4.78 is 1.93. The molecule has 0 saturated carbocycles. The number of anilines is 1. The minimum atomic E-state index is -0.433. The second-order valence-corrected chi connectivity index (χ2v) is 8.12. The number of rotatable bonds is 6. The van der Waals surface area contributed by atoms with Crippen molar-refractivity contribution in [2.45, 2.75) is 58.5 Å². The van der Waals surface area contributed by atoms with Crippen molar-refractivity contribution in [3.05, 3.63) is 64.4 Å². The second-order valence-electron chi connectivity index (χ2n) is 8.12. The summed E-state index contributed by atoms with van der Waals surface area (Å²) in [6.07, 6.45) is 5.62. The Balaban J connectivity index is 1.83. The van der Waals surface area contributed by atoms with Gasteiger partial charge in [0.25, 0.3) is 5.56 Å². The average Bonchev–Trinajstić information content (AvgIpc) is 2.72. The molecule has 1 N–H and O–H groups in total. The highest BCUT2D eigenvalue weighted by molar-refractivity contribution is 5.76. The number of hydrogen-bond acceptors (Lipinski definition) is 4. The van der Waals surface area contributed by atoms with E-state index in [2.05, 4.69) is 24.1 Å². The summed E-state index contributed by atoms with van der Waals surface area (Å²) in [5, 5.41) is 8.52. The first-order valence-electron chi connectivity index (χ1n) is 10.5. The van der Waals surface area contributed by atoms with Gasteiger partial charge in [0.2, 0.25) is 0 Å². The van der Waals surface area contributed by atoms with Crippen molar-refractivity contribution < 1.29 is 0 Å². The van der Waals surface area contributed by atoms with Gasteiger partial charge in [0.05, 0.1) is 0 Å². The first-order chi connectivity index (χ1) is 14.0. The molecule has 1 aliphatic heterocycles. The van der Waals surface area contributed by atoms with Gasteiger partial charge < -0.3 is 5.32 Å². The summed E-state index contributed by atoms with van der Waals surface area (Å²) in [7, 11) is 0. The zero-order chi connectivity index (χ0) is 20.4. The van der Waals surface area contributed by atoms with Gasteiger partial charge in [-0.05, 0) is 38.8 Å². The molecular weight excluding hydrogens is 360 g/mol. The molecule has 4 rings (SSSR count). The fourth-order valence-electron chi connectivity index (χ4n) is 3.99. The zero-order valence-corrected chi connectivity index (χ0v) is 17.4. The fourth-order valence-corrected chi connectivity index (χ4v) is 3.99. The normalized spacial score (nSPS) is 17.3. The predicted molar refractivity (Wildman–Crippen MR) is 118 cm³/mol. The molecule has 1 aliphatic rings. The van der Waals surface area contributed by atoms with E-state index in [1.165, 1.54) is 19.3 Å². The third-order valence-corrected chi connectivity index (χ3v) is 5.69. The molecule has 0 bridgehead atoms. The van der Waals surface area contributed by atoms with Gasteiger partial charge in [-0.25, -0.2) is 4.68 Å². The molecule has 0 amide bonds. The van der Waals surface area contributed by atoms with E-state index in [0.717, 1.165) is 35.2 Å². The second kappa shape index (κ2) is 7.82. The minimum Gasteiger partial charge on any atom is -0.361 e. The molecule has 2 heterocycles. The van der Waals surface area contributed by atoms with Crippen LogP contribution in [0.2, 0.25) is 0 Å². The van der Waals surface area contributed by atoms with Crippen LogP contribution in [0.15, 0.2) is 53.3 Å². The Labute approximate surface area is 171 Å². The first-order valence-corrected chi connectivity index (χ1v) is 10.5. The van der Waals surface area contributed by atoms with Gasteiger partial charge in [-0.2, -0.15) is 10.1 Å². The van der Waals surface area contributed by atoms with E-state index >= 15 is 0 Å². The Morgan fingerprint density at radius 1 is 1.03 bits per heavy atom. The summed E-state index contributed by atoms with van der Waals surface area (Å²) in [6, 6.07) is 15.9. The van der Waals surface area contributed by atoms with Crippen LogP contribution in [0.4, 0.5) is 5.69 Å². The molecule has 29 heavy (non-hydrogen) atoms. The summed E-state index contributed by atoms with van der Waals surface area (Å²) in [4.78, 5) is 17.4. The van der Waals surface area contributed by atoms with E-state index in [1.807, 2.05) is 60.1 Å². The van der Waals surface area contributed by atoms with Crippen molar-refractivity contribution in [1.29, 1.82) is 0 Å². The van der Waals surface area contributed by atoms with Crippen LogP contribution in [-0.4, -0.2) is 14.8 Å². The van der Waals surface area contributed by atoms with Crippen LogP contribution in [0.3, 0.4) is 0 Å². The molecule has 0 fully saturated rings. The Hall–Kier alpha value is -2.95.